The molecule has 3 heteroatoms. The van der Waals surface area contributed by atoms with Gasteiger partial charge in [-0.3, -0.25) is 4.79 Å². The minimum atomic E-state index is 0.171. The van der Waals surface area contributed by atoms with Crippen LogP contribution in [0.15, 0.2) is 58.3 Å². The van der Waals surface area contributed by atoms with Crippen LogP contribution in [0.5, 0.6) is 0 Å². The highest BCUT2D eigenvalue weighted by Gasteiger charge is 2.07. The number of carbonyl (C=O) groups excluding carboxylic acids is 1. The van der Waals surface area contributed by atoms with Crippen LogP contribution in [0.4, 0.5) is 0 Å². The summed E-state index contributed by atoms with van der Waals surface area (Å²) >= 11 is 3.39. The van der Waals surface area contributed by atoms with Crippen molar-refractivity contribution in [1.82, 2.24) is 0 Å². The standard InChI is InChI=1S/C16H16OS2/c1-18-14-7-3-12(4-8-14)11-16(17)13-5-9-15(19-2)10-6-13/h3-10H,11H2,1-2H3. The molecule has 0 amide bonds. The van der Waals surface area contributed by atoms with E-state index in [1.807, 2.05) is 48.9 Å². The lowest BCUT2D eigenvalue weighted by atomic mass is 10.0. The first-order chi connectivity index (χ1) is 9.22. The Bertz CT molecular complexity index is 544. The van der Waals surface area contributed by atoms with E-state index in [-0.39, 0.29) is 5.78 Å². The van der Waals surface area contributed by atoms with Crippen LogP contribution < -0.4 is 0 Å². The Hall–Kier alpha value is -1.19. The van der Waals surface area contributed by atoms with Crippen molar-refractivity contribution in [2.45, 2.75) is 16.2 Å². The first-order valence-corrected chi connectivity index (χ1v) is 8.48. The fourth-order valence-corrected chi connectivity index (χ4v) is 2.62. The third-order valence-electron chi connectivity index (χ3n) is 2.94. The van der Waals surface area contributed by atoms with Gasteiger partial charge in [-0.2, -0.15) is 0 Å². The highest BCUT2D eigenvalue weighted by Crippen LogP contribution is 2.18. The Balaban J connectivity index is 2.06. The van der Waals surface area contributed by atoms with Gasteiger partial charge in [-0.25, -0.2) is 0 Å². The number of ketones is 1. The van der Waals surface area contributed by atoms with Gasteiger partial charge in [-0.05, 0) is 42.3 Å². The molecule has 0 aliphatic carbocycles. The average Bonchev–Trinajstić information content (AvgIpc) is 2.48. The minimum absolute atomic E-state index is 0.171. The first-order valence-electron chi connectivity index (χ1n) is 6.03. The zero-order valence-corrected chi connectivity index (χ0v) is 12.7. The predicted molar refractivity (Wildman–Crippen MR) is 84.5 cm³/mol. The summed E-state index contributed by atoms with van der Waals surface area (Å²) in [5.74, 6) is 0.171. The van der Waals surface area contributed by atoms with Gasteiger partial charge in [0.05, 0.1) is 0 Å². The molecule has 2 aromatic carbocycles. The molecule has 0 bridgehead atoms. The van der Waals surface area contributed by atoms with Crippen LogP contribution in [-0.2, 0) is 6.42 Å². The molecule has 2 rings (SSSR count). The maximum atomic E-state index is 12.2. The van der Waals surface area contributed by atoms with Gasteiger partial charge in [-0.15, -0.1) is 23.5 Å². The maximum Gasteiger partial charge on any atom is 0.167 e. The van der Waals surface area contributed by atoms with Gasteiger partial charge >= 0.3 is 0 Å². The van der Waals surface area contributed by atoms with Crippen LogP contribution in [-0.4, -0.2) is 18.3 Å². The van der Waals surface area contributed by atoms with E-state index in [0.29, 0.717) is 6.42 Å². The fourth-order valence-electron chi connectivity index (χ4n) is 1.81. The molecule has 2 aromatic rings. The Morgan fingerprint density at radius 1 is 0.842 bits per heavy atom. The van der Waals surface area contributed by atoms with E-state index in [2.05, 4.69) is 12.1 Å². The minimum Gasteiger partial charge on any atom is -0.294 e. The van der Waals surface area contributed by atoms with Gasteiger partial charge in [0.25, 0.3) is 0 Å². The van der Waals surface area contributed by atoms with E-state index in [9.17, 15) is 4.79 Å². The third-order valence-corrected chi connectivity index (χ3v) is 4.42. The molecule has 0 spiro atoms. The lowest BCUT2D eigenvalue weighted by Crippen LogP contribution is -2.03. The summed E-state index contributed by atoms with van der Waals surface area (Å²) in [5, 5.41) is 0. The largest absolute Gasteiger partial charge is 0.294 e. The molecule has 98 valence electrons. The third kappa shape index (κ3) is 3.88. The monoisotopic (exact) mass is 288 g/mol. The summed E-state index contributed by atoms with van der Waals surface area (Å²) < 4.78 is 0. The number of thioether (sulfide) groups is 2. The van der Waals surface area contributed by atoms with Crippen LogP contribution in [0.25, 0.3) is 0 Å². The molecule has 0 aromatic heterocycles. The number of rotatable bonds is 5. The van der Waals surface area contributed by atoms with E-state index < -0.39 is 0 Å². The number of hydrogen-bond donors (Lipinski definition) is 0. The molecule has 19 heavy (non-hydrogen) atoms. The second kappa shape index (κ2) is 6.83. The van der Waals surface area contributed by atoms with E-state index in [0.717, 1.165) is 11.1 Å². The molecule has 0 saturated heterocycles. The lowest BCUT2D eigenvalue weighted by Gasteiger charge is -2.04. The zero-order valence-electron chi connectivity index (χ0n) is 11.1. The molecule has 0 unspecified atom stereocenters. The van der Waals surface area contributed by atoms with Gasteiger partial charge in [0.1, 0.15) is 0 Å². The molecule has 0 atom stereocenters. The summed E-state index contributed by atoms with van der Waals surface area (Å²) in [4.78, 5) is 14.6. The van der Waals surface area contributed by atoms with Crippen molar-refractivity contribution in [1.29, 1.82) is 0 Å². The molecule has 1 nitrogen and oxygen atoms in total. The number of Topliss-reactive ketones (excluding diaryl/α,β-unsaturated/α-hetero) is 1. The number of benzene rings is 2. The fraction of sp³-hybridized carbons (Fsp3) is 0.188. The van der Waals surface area contributed by atoms with Gasteiger partial charge in [0, 0.05) is 21.8 Å². The SMILES string of the molecule is CSc1ccc(CC(=O)c2ccc(SC)cc2)cc1. The molecule has 0 heterocycles. The van der Waals surface area contributed by atoms with Crippen LogP contribution in [0.3, 0.4) is 0 Å². The van der Waals surface area contributed by atoms with Gasteiger partial charge in [0.2, 0.25) is 0 Å². The topological polar surface area (TPSA) is 17.1 Å². The van der Waals surface area contributed by atoms with E-state index in [4.69, 9.17) is 0 Å². The Morgan fingerprint density at radius 3 is 1.79 bits per heavy atom. The Kier molecular flexibility index (Phi) is 5.11. The molecule has 0 radical (unpaired) electrons. The summed E-state index contributed by atoms with van der Waals surface area (Å²) in [6.07, 6.45) is 4.55. The smallest absolute Gasteiger partial charge is 0.167 e. The number of carbonyl (C=O) groups is 1. The summed E-state index contributed by atoms with van der Waals surface area (Å²) in [6.45, 7) is 0. The Labute approximate surface area is 122 Å². The molecule has 0 N–H and O–H groups in total. The molecular formula is C16H16OS2. The highest BCUT2D eigenvalue weighted by atomic mass is 32.2. The second-order valence-corrected chi connectivity index (χ2v) is 5.94. The van der Waals surface area contributed by atoms with Crippen LogP contribution in [0.2, 0.25) is 0 Å². The van der Waals surface area contributed by atoms with Crippen molar-refractivity contribution in [3.05, 3.63) is 59.7 Å². The Morgan fingerprint density at radius 2 is 1.32 bits per heavy atom. The molecule has 0 aliphatic rings. The van der Waals surface area contributed by atoms with Crippen molar-refractivity contribution in [2.75, 3.05) is 12.5 Å². The van der Waals surface area contributed by atoms with Crippen molar-refractivity contribution in [2.24, 2.45) is 0 Å². The molecular weight excluding hydrogens is 272 g/mol. The van der Waals surface area contributed by atoms with Gasteiger partial charge in [0.15, 0.2) is 5.78 Å². The van der Waals surface area contributed by atoms with E-state index >= 15 is 0 Å². The van der Waals surface area contributed by atoms with Crippen LogP contribution >= 0.6 is 23.5 Å². The molecule has 0 fully saturated rings. The first kappa shape index (κ1) is 14.2. The van der Waals surface area contributed by atoms with Crippen LogP contribution in [0, 0.1) is 0 Å². The zero-order chi connectivity index (χ0) is 13.7. The lowest BCUT2D eigenvalue weighted by molar-refractivity contribution is 0.0993. The van der Waals surface area contributed by atoms with Crippen molar-refractivity contribution in [3.63, 3.8) is 0 Å². The summed E-state index contributed by atoms with van der Waals surface area (Å²) in [5.41, 5.74) is 1.85. The molecule has 0 aliphatic heterocycles. The quantitative estimate of drug-likeness (QED) is 0.593. The summed E-state index contributed by atoms with van der Waals surface area (Å²) in [6, 6.07) is 16.0. The maximum absolute atomic E-state index is 12.2. The van der Waals surface area contributed by atoms with Gasteiger partial charge in [-0.1, -0.05) is 24.3 Å². The summed E-state index contributed by atoms with van der Waals surface area (Å²) in [7, 11) is 0. The number of hydrogen-bond acceptors (Lipinski definition) is 3. The van der Waals surface area contributed by atoms with Crippen LogP contribution in [0.1, 0.15) is 15.9 Å². The molecule has 0 saturated carbocycles. The second-order valence-electron chi connectivity index (χ2n) is 4.18. The normalized spacial score (nSPS) is 10.4. The van der Waals surface area contributed by atoms with Gasteiger partial charge < -0.3 is 0 Å². The van der Waals surface area contributed by atoms with E-state index in [1.165, 1.54) is 9.79 Å². The van der Waals surface area contributed by atoms with Crippen molar-refractivity contribution >= 4 is 29.3 Å². The van der Waals surface area contributed by atoms with E-state index in [1.54, 1.807) is 23.5 Å². The predicted octanol–water partition coefficient (Wildman–Crippen LogP) is 4.56. The van der Waals surface area contributed by atoms with Crippen molar-refractivity contribution < 1.29 is 4.79 Å². The highest BCUT2D eigenvalue weighted by molar-refractivity contribution is 7.98. The average molecular weight is 288 g/mol. The van der Waals surface area contributed by atoms with Crippen molar-refractivity contribution in [3.8, 4) is 0 Å².